The molecule has 0 saturated heterocycles. The topological polar surface area (TPSA) is 97.7 Å². The predicted octanol–water partition coefficient (Wildman–Crippen LogP) is 2.49. The molecule has 0 aliphatic heterocycles. The summed E-state index contributed by atoms with van der Waals surface area (Å²) in [6, 6.07) is 10.8. The highest BCUT2D eigenvalue weighted by molar-refractivity contribution is 6.39. The molecule has 0 aromatic heterocycles. The van der Waals surface area contributed by atoms with Gasteiger partial charge in [-0.05, 0) is 6.92 Å². The van der Waals surface area contributed by atoms with Crippen LogP contribution in [0, 0.1) is 0 Å². The summed E-state index contributed by atoms with van der Waals surface area (Å²) in [6.07, 6.45) is 0.686. The quantitative estimate of drug-likeness (QED) is 0.336. The van der Waals surface area contributed by atoms with Crippen molar-refractivity contribution in [1.29, 1.82) is 0 Å². The van der Waals surface area contributed by atoms with Crippen LogP contribution in [0.25, 0.3) is 5.76 Å². The standard InChI is InChI=1S/C20H14O6/c1-2-26-20(25)16(22)10-15(21)13-8-5-9-14-17(13)19(24)12-7-4-3-6-11(12)18(14)23/h3-10,21H,2H2,1H3/b15-10+. The minimum atomic E-state index is -1.11. The summed E-state index contributed by atoms with van der Waals surface area (Å²) in [4.78, 5) is 48.7. The lowest BCUT2D eigenvalue weighted by Gasteiger charge is -2.19. The number of ether oxygens (including phenoxy) is 1. The molecular formula is C20H14O6. The van der Waals surface area contributed by atoms with Crippen LogP contribution in [0.5, 0.6) is 0 Å². The van der Waals surface area contributed by atoms with E-state index in [1.165, 1.54) is 24.3 Å². The van der Waals surface area contributed by atoms with Crippen LogP contribution < -0.4 is 0 Å². The van der Waals surface area contributed by atoms with Crippen LogP contribution >= 0.6 is 0 Å². The number of carbonyl (C=O) groups excluding carboxylic acids is 4. The van der Waals surface area contributed by atoms with Gasteiger partial charge in [0.1, 0.15) is 5.76 Å². The maximum absolute atomic E-state index is 12.8. The lowest BCUT2D eigenvalue weighted by molar-refractivity contribution is -0.151. The van der Waals surface area contributed by atoms with Crippen molar-refractivity contribution in [2.45, 2.75) is 6.92 Å². The Bertz CT molecular complexity index is 984. The molecule has 26 heavy (non-hydrogen) atoms. The van der Waals surface area contributed by atoms with Crippen molar-refractivity contribution in [3.63, 3.8) is 0 Å². The monoisotopic (exact) mass is 350 g/mol. The number of fused-ring (bicyclic) bond motifs is 2. The van der Waals surface area contributed by atoms with Gasteiger partial charge in [0.05, 0.1) is 6.61 Å². The predicted molar refractivity (Wildman–Crippen MR) is 92.0 cm³/mol. The van der Waals surface area contributed by atoms with Gasteiger partial charge in [-0.15, -0.1) is 0 Å². The second-order valence-corrected chi connectivity index (χ2v) is 5.55. The number of hydrogen-bond acceptors (Lipinski definition) is 6. The second kappa shape index (κ2) is 6.76. The molecule has 0 amide bonds. The third kappa shape index (κ3) is 2.82. The number of aliphatic hydroxyl groups excluding tert-OH is 1. The Balaban J connectivity index is 2.10. The van der Waals surface area contributed by atoms with Gasteiger partial charge in [-0.1, -0.05) is 42.5 Å². The Morgan fingerprint density at radius 1 is 0.962 bits per heavy atom. The van der Waals surface area contributed by atoms with Crippen molar-refractivity contribution in [3.8, 4) is 0 Å². The fourth-order valence-corrected chi connectivity index (χ4v) is 2.82. The van der Waals surface area contributed by atoms with E-state index in [1.54, 1.807) is 25.1 Å². The molecular weight excluding hydrogens is 336 g/mol. The van der Waals surface area contributed by atoms with Gasteiger partial charge < -0.3 is 9.84 Å². The number of carbonyl (C=O) groups is 4. The van der Waals surface area contributed by atoms with E-state index in [0.717, 1.165) is 0 Å². The molecule has 0 spiro atoms. The average molecular weight is 350 g/mol. The number of hydrogen-bond donors (Lipinski definition) is 1. The molecule has 130 valence electrons. The first-order valence-electron chi connectivity index (χ1n) is 7.89. The molecule has 1 N–H and O–H groups in total. The highest BCUT2D eigenvalue weighted by Gasteiger charge is 2.32. The molecule has 6 nitrogen and oxygen atoms in total. The van der Waals surface area contributed by atoms with Crippen molar-refractivity contribution < 1.29 is 29.0 Å². The number of benzene rings is 2. The highest BCUT2D eigenvalue weighted by Crippen LogP contribution is 2.31. The molecule has 1 aliphatic rings. The lowest BCUT2D eigenvalue weighted by Crippen LogP contribution is -2.22. The first-order chi connectivity index (χ1) is 12.5. The van der Waals surface area contributed by atoms with Crippen LogP contribution in [0.3, 0.4) is 0 Å². The van der Waals surface area contributed by atoms with Crippen LogP contribution in [-0.2, 0) is 14.3 Å². The Morgan fingerprint density at radius 2 is 1.58 bits per heavy atom. The Morgan fingerprint density at radius 3 is 2.23 bits per heavy atom. The zero-order chi connectivity index (χ0) is 18.8. The highest BCUT2D eigenvalue weighted by atomic mass is 16.5. The van der Waals surface area contributed by atoms with Crippen LogP contribution in [0.2, 0.25) is 0 Å². The maximum Gasteiger partial charge on any atom is 0.379 e. The smallest absolute Gasteiger partial charge is 0.379 e. The van der Waals surface area contributed by atoms with Crippen molar-refractivity contribution in [3.05, 3.63) is 76.4 Å². The van der Waals surface area contributed by atoms with E-state index in [0.29, 0.717) is 6.08 Å². The van der Waals surface area contributed by atoms with E-state index in [4.69, 9.17) is 0 Å². The Kier molecular flexibility index (Phi) is 4.49. The summed E-state index contributed by atoms with van der Waals surface area (Å²) in [5.74, 6) is -3.54. The normalized spacial score (nSPS) is 13.0. The van der Waals surface area contributed by atoms with Gasteiger partial charge in [0.15, 0.2) is 11.6 Å². The van der Waals surface area contributed by atoms with E-state index in [2.05, 4.69) is 4.74 Å². The molecule has 0 bridgehead atoms. The van der Waals surface area contributed by atoms with Crippen LogP contribution in [0.1, 0.15) is 44.3 Å². The average Bonchev–Trinajstić information content (AvgIpc) is 2.65. The largest absolute Gasteiger partial charge is 0.507 e. The lowest BCUT2D eigenvalue weighted by atomic mass is 9.81. The fraction of sp³-hybridized carbons (Fsp3) is 0.100. The fourth-order valence-electron chi connectivity index (χ4n) is 2.82. The van der Waals surface area contributed by atoms with Crippen LogP contribution in [-0.4, -0.2) is 35.0 Å². The molecule has 0 saturated carbocycles. The summed E-state index contributed by atoms with van der Waals surface area (Å²) in [7, 11) is 0. The van der Waals surface area contributed by atoms with Gasteiger partial charge in [0.25, 0.3) is 5.78 Å². The minimum absolute atomic E-state index is 0.00149. The molecule has 0 heterocycles. The zero-order valence-corrected chi connectivity index (χ0v) is 13.8. The van der Waals surface area contributed by atoms with Gasteiger partial charge in [0, 0.05) is 33.9 Å². The van der Waals surface area contributed by atoms with E-state index in [-0.39, 0.29) is 40.2 Å². The molecule has 0 fully saturated rings. The summed E-state index contributed by atoms with van der Waals surface area (Å²) in [6.45, 7) is 1.56. The second-order valence-electron chi connectivity index (χ2n) is 5.55. The van der Waals surface area contributed by atoms with Gasteiger partial charge in [-0.25, -0.2) is 4.79 Å². The third-order valence-corrected chi connectivity index (χ3v) is 3.97. The molecule has 6 heteroatoms. The maximum atomic E-state index is 12.8. The van der Waals surface area contributed by atoms with Crippen molar-refractivity contribution in [1.82, 2.24) is 0 Å². The van der Waals surface area contributed by atoms with E-state index in [9.17, 15) is 24.3 Å². The molecule has 3 rings (SSSR count). The molecule has 1 aliphatic carbocycles. The van der Waals surface area contributed by atoms with Gasteiger partial charge in [-0.3, -0.25) is 14.4 Å². The zero-order valence-electron chi connectivity index (χ0n) is 13.8. The number of ketones is 3. The minimum Gasteiger partial charge on any atom is -0.507 e. The van der Waals surface area contributed by atoms with Gasteiger partial charge in [0.2, 0.25) is 0 Å². The summed E-state index contributed by atoms with van der Waals surface area (Å²) in [5.41, 5.74) is 0.652. The summed E-state index contributed by atoms with van der Waals surface area (Å²) >= 11 is 0. The SMILES string of the molecule is CCOC(=O)C(=O)/C=C(/O)c1cccc2c1C(=O)c1ccccc1C2=O. The van der Waals surface area contributed by atoms with Crippen molar-refractivity contribution in [2.24, 2.45) is 0 Å². The van der Waals surface area contributed by atoms with E-state index in [1.807, 2.05) is 0 Å². The third-order valence-electron chi connectivity index (χ3n) is 3.97. The molecule has 0 radical (unpaired) electrons. The van der Waals surface area contributed by atoms with Crippen molar-refractivity contribution in [2.75, 3.05) is 6.61 Å². The summed E-state index contributed by atoms with van der Waals surface area (Å²) in [5, 5.41) is 10.3. The summed E-state index contributed by atoms with van der Waals surface area (Å²) < 4.78 is 4.57. The van der Waals surface area contributed by atoms with Crippen molar-refractivity contribution >= 4 is 29.1 Å². The first kappa shape index (κ1) is 17.3. The molecule has 2 aromatic carbocycles. The van der Waals surface area contributed by atoms with E-state index >= 15 is 0 Å². The molecule has 0 unspecified atom stereocenters. The van der Waals surface area contributed by atoms with Gasteiger partial charge in [-0.2, -0.15) is 0 Å². The van der Waals surface area contributed by atoms with Crippen LogP contribution in [0.15, 0.2) is 48.5 Å². The molecule has 0 atom stereocenters. The number of aliphatic hydroxyl groups is 1. The van der Waals surface area contributed by atoms with Crippen LogP contribution in [0.4, 0.5) is 0 Å². The first-order valence-corrected chi connectivity index (χ1v) is 7.89. The molecule has 2 aromatic rings. The number of rotatable bonds is 4. The Hall–Kier alpha value is -3.54. The van der Waals surface area contributed by atoms with E-state index < -0.39 is 23.3 Å². The number of esters is 1. The van der Waals surface area contributed by atoms with Gasteiger partial charge >= 0.3 is 5.97 Å². The Labute approximate surface area is 148 Å².